The number of thioether (sulfide) groups is 1. The van der Waals surface area contributed by atoms with Crippen LogP contribution in [0.2, 0.25) is 0 Å². The van der Waals surface area contributed by atoms with Crippen LogP contribution in [0.4, 0.5) is 0 Å². The largest absolute Gasteiger partial charge is 0.480 e. The molecule has 1 aromatic rings. The normalized spacial score (nSPS) is 19.7. The molecule has 19 heavy (non-hydrogen) atoms. The predicted octanol–water partition coefficient (Wildman–Crippen LogP) is 4.51. The van der Waals surface area contributed by atoms with Gasteiger partial charge in [-0.15, -0.1) is 11.8 Å². The molecule has 2 rings (SSSR count). The van der Waals surface area contributed by atoms with Gasteiger partial charge in [-0.1, -0.05) is 44.4 Å². The summed E-state index contributed by atoms with van der Waals surface area (Å²) in [6.07, 6.45) is 3.74. The van der Waals surface area contributed by atoms with Crippen molar-refractivity contribution < 1.29 is 9.90 Å². The van der Waals surface area contributed by atoms with Gasteiger partial charge in [-0.25, -0.2) is 0 Å². The molecule has 0 aromatic heterocycles. The minimum absolute atomic E-state index is 0.246. The molecule has 1 N–H and O–H groups in total. The van der Waals surface area contributed by atoms with E-state index in [0.29, 0.717) is 0 Å². The van der Waals surface area contributed by atoms with Gasteiger partial charge >= 0.3 is 5.97 Å². The lowest BCUT2D eigenvalue weighted by Crippen LogP contribution is -2.54. The molecular formula is C16H22O2S. The van der Waals surface area contributed by atoms with Crippen LogP contribution in [0.25, 0.3) is 0 Å². The Morgan fingerprint density at radius 2 is 1.74 bits per heavy atom. The Hall–Kier alpha value is -0.960. The number of aliphatic carboxylic acids is 1. The topological polar surface area (TPSA) is 37.3 Å². The van der Waals surface area contributed by atoms with E-state index in [-0.39, 0.29) is 5.41 Å². The number of hydrogen-bond donors (Lipinski definition) is 1. The van der Waals surface area contributed by atoms with Gasteiger partial charge in [0, 0.05) is 4.90 Å². The third-order valence-corrected chi connectivity index (χ3v) is 5.91. The van der Waals surface area contributed by atoms with Crippen molar-refractivity contribution in [1.82, 2.24) is 0 Å². The molecule has 2 nitrogen and oxygen atoms in total. The first-order chi connectivity index (χ1) is 8.95. The molecule has 1 aliphatic rings. The van der Waals surface area contributed by atoms with Gasteiger partial charge in [-0.2, -0.15) is 0 Å². The van der Waals surface area contributed by atoms with Crippen LogP contribution in [-0.4, -0.2) is 15.8 Å². The highest BCUT2D eigenvalue weighted by Gasteiger charge is 2.57. The Bertz CT molecular complexity index is 452. The van der Waals surface area contributed by atoms with Crippen LogP contribution in [0.3, 0.4) is 0 Å². The predicted molar refractivity (Wildman–Crippen MR) is 79.7 cm³/mol. The Balaban J connectivity index is 2.15. The fourth-order valence-electron chi connectivity index (χ4n) is 3.01. The zero-order valence-corrected chi connectivity index (χ0v) is 12.7. The Morgan fingerprint density at radius 1 is 1.21 bits per heavy atom. The van der Waals surface area contributed by atoms with Crippen molar-refractivity contribution >= 4 is 17.7 Å². The quantitative estimate of drug-likeness (QED) is 0.861. The minimum Gasteiger partial charge on any atom is -0.480 e. The van der Waals surface area contributed by atoms with Crippen LogP contribution >= 0.6 is 11.8 Å². The second-order valence-corrected chi connectivity index (χ2v) is 7.23. The van der Waals surface area contributed by atoms with Crippen molar-refractivity contribution in [2.24, 2.45) is 5.41 Å². The third kappa shape index (κ3) is 2.66. The summed E-state index contributed by atoms with van der Waals surface area (Å²) in [7, 11) is 0. The number of rotatable bonds is 5. The average Bonchev–Trinajstić information content (AvgIpc) is 2.35. The Labute approximate surface area is 119 Å². The smallest absolute Gasteiger partial charge is 0.320 e. The molecule has 0 atom stereocenters. The second kappa shape index (κ2) is 5.20. The third-order valence-electron chi connectivity index (χ3n) is 4.55. The molecule has 0 saturated heterocycles. The zero-order chi connectivity index (χ0) is 14.1. The van der Waals surface area contributed by atoms with E-state index in [1.807, 2.05) is 31.2 Å². The minimum atomic E-state index is -0.657. The lowest BCUT2D eigenvalue weighted by Gasteiger charge is -2.53. The highest BCUT2D eigenvalue weighted by Crippen LogP contribution is 2.60. The summed E-state index contributed by atoms with van der Waals surface area (Å²) in [4.78, 5) is 12.7. The number of hydrogen-bond acceptors (Lipinski definition) is 2. The number of benzene rings is 1. The summed E-state index contributed by atoms with van der Waals surface area (Å²) in [6, 6.07) is 8.15. The summed E-state index contributed by atoms with van der Waals surface area (Å²) >= 11 is 1.53. The van der Waals surface area contributed by atoms with Gasteiger partial charge < -0.3 is 5.11 Å². The van der Waals surface area contributed by atoms with Crippen molar-refractivity contribution in [1.29, 1.82) is 0 Å². The van der Waals surface area contributed by atoms with Gasteiger partial charge in [-0.3, -0.25) is 4.79 Å². The van der Waals surface area contributed by atoms with Gasteiger partial charge in [0.25, 0.3) is 0 Å². The summed E-state index contributed by atoms with van der Waals surface area (Å²) in [5.74, 6) is -0.657. The van der Waals surface area contributed by atoms with Crippen molar-refractivity contribution in [3.05, 3.63) is 29.8 Å². The fraction of sp³-hybridized carbons (Fsp3) is 0.562. The molecule has 3 heteroatoms. The van der Waals surface area contributed by atoms with E-state index < -0.39 is 10.7 Å². The van der Waals surface area contributed by atoms with Gasteiger partial charge in [0.1, 0.15) is 4.75 Å². The summed E-state index contributed by atoms with van der Waals surface area (Å²) in [5, 5.41) is 9.60. The highest BCUT2D eigenvalue weighted by molar-refractivity contribution is 8.01. The van der Waals surface area contributed by atoms with Gasteiger partial charge in [0.2, 0.25) is 0 Å². The maximum absolute atomic E-state index is 11.7. The van der Waals surface area contributed by atoms with E-state index in [4.69, 9.17) is 0 Å². The van der Waals surface area contributed by atoms with E-state index in [2.05, 4.69) is 13.8 Å². The maximum atomic E-state index is 11.7. The molecule has 0 heterocycles. The van der Waals surface area contributed by atoms with E-state index in [0.717, 1.165) is 30.6 Å². The van der Waals surface area contributed by atoms with Crippen LogP contribution in [0.5, 0.6) is 0 Å². The molecule has 0 unspecified atom stereocenters. The van der Waals surface area contributed by atoms with E-state index in [9.17, 15) is 9.90 Å². The van der Waals surface area contributed by atoms with Crippen molar-refractivity contribution in [3.8, 4) is 0 Å². The average molecular weight is 278 g/mol. The molecule has 0 spiro atoms. The molecule has 1 fully saturated rings. The van der Waals surface area contributed by atoms with Gasteiger partial charge in [0.15, 0.2) is 0 Å². The van der Waals surface area contributed by atoms with Crippen LogP contribution in [-0.2, 0) is 4.79 Å². The summed E-state index contributed by atoms with van der Waals surface area (Å²) in [6.45, 7) is 6.39. The Kier molecular flexibility index (Phi) is 3.95. The van der Waals surface area contributed by atoms with E-state index >= 15 is 0 Å². The first kappa shape index (κ1) is 14.4. The summed E-state index contributed by atoms with van der Waals surface area (Å²) in [5.41, 5.74) is 1.45. The second-order valence-electron chi connectivity index (χ2n) is 5.78. The fourth-order valence-corrected chi connectivity index (χ4v) is 4.58. The van der Waals surface area contributed by atoms with Crippen molar-refractivity contribution in [2.45, 2.75) is 56.1 Å². The molecule has 1 aromatic carbocycles. The van der Waals surface area contributed by atoms with Crippen LogP contribution in [0.1, 0.15) is 45.1 Å². The molecule has 1 aliphatic carbocycles. The SMILES string of the molecule is CCC1(CC)CC(Sc2ccc(C)cc2)(C(=O)O)C1. The van der Waals surface area contributed by atoms with E-state index in [1.54, 1.807) is 0 Å². The van der Waals surface area contributed by atoms with Crippen LogP contribution in [0.15, 0.2) is 29.2 Å². The van der Waals surface area contributed by atoms with E-state index in [1.165, 1.54) is 17.3 Å². The number of carbonyl (C=O) groups is 1. The maximum Gasteiger partial charge on any atom is 0.320 e. The Morgan fingerprint density at radius 3 is 2.16 bits per heavy atom. The van der Waals surface area contributed by atoms with Crippen LogP contribution < -0.4 is 0 Å². The first-order valence-electron chi connectivity index (χ1n) is 6.94. The molecular weight excluding hydrogens is 256 g/mol. The van der Waals surface area contributed by atoms with Gasteiger partial charge in [-0.05, 0) is 37.3 Å². The molecule has 0 radical (unpaired) electrons. The molecule has 1 saturated carbocycles. The molecule has 0 bridgehead atoms. The molecule has 0 aliphatic heterocycles. The lowest BCUT2D eigenvalue weighted by atomic mass is 9.58. The lowest BCUT2D eigenvalue weighted by molar-refractivity contribution is -0.147. The van der Waals surface area contributed by atoms with Gasteiger partial charge in [0.05, 0.1) is 0 Å². The standard InChI is InChI=1S/C16H22O2S/c1-4-15(5-2)10-16(11-15,14(17)18)19-13-8-6-12(3)7-9-13/h6-9H,4-5,10-11H2,1-3H3,(H,17,18). The monoisotopic (exact) mass is 278 g/mol. The van der Waals surface area contributed by atoms with Crippen molar-refractivity contribution in [2.75, 3.05) is 0 Å². The molecule has 0 amide bonds. The van der Waals surface area contributed by atoms with Crippen molar-refractivity contribution in [3.63, 3.8) is 0 Å². The summed E-state index contributed by atoms with van der Waals surface area (Å²) < 4.78 is -0.610. The molecule has 104 valence electrons. The number of carboxylic acids is 1. The number of aryl methyl sites for hydroxylation is 1. The van der Waals surface area contributed by atoms with Crippen LogP contribution in [0, 0.1) is 12.3 Å². The number of carboxylic acid groups (broad SMARTS) is 1. The first-order valence-corrected chi connectivity index (χ1v) is 7.76. The highest BCUT2D eigenvalue weighted by atomic mass is 32.2. The zero-order valence-electron chi connectivity index (χ0n) is 11.9.